The molecule has 0 saturated carbocycles. The molecule has 1 unspecified atom stereocenters. The molecule has 1 heterocycles. The third-order valence-electron chi connectivity index (χ3n) is 2.63. The molecule has 15 heavy (non-hydrogen) atoms. The third kappa shape index (κ3) is 3.67. The fourth-order valence-corrected chi connectivity index (χ4v) is 1.74. The van der Waals surface area contributed by atoms with Gasteiger partial charge in [-0.15, -0.1) is 0 Å². The first-order valence-corrected chi connectivity index (χ1v) is 5.91. The molecule has 0 aliphatic rings. The van der Waals surface area contributed by atoms with Crippen LogP contribution in [-0.4, -0.2) is 21.0 Å². The average Bonchev–Trinajstić information content (AvgIpc) is 2.60. The Bertz CT molecular complexity index is 292. The molecule has 3 heteroatoms. The van der Waals surface area contributed by atoms with E-state index in [0.717, 1.165) is 32.2 Å². The number of aromatic nitrogens is 2. The van der Waals surface area contributed by atoms with Crippen molar-refractivity contribution in [2.24, 2.45) is 0 Å². The Hall–Kier alpha value is -0.830. The van der Waals surface area contributed by atoms with E-state index in [1.165, 1.54) is 11.4 Å². The maximum atomic E-state index is 9.19. The molecule has 0 fully saturated rings. The quantitative estimate of drug-likeness (QED) is 0.781. The first-order chi connectivity index (χ1) is 7.17. The van der Waals surface area contributed by atoms with Crippen molar-refractivity contribution in [2.75, 3.05) is 0 Å². The van der Waals surface area contributed by atoms with Crippen LogP contribution >= 0.6 is 0 Å². The molecule has 1 N–H and O–H groups in total. The predicted octanol–water partition coefficient (Wildman–Crippen LogP) is 2.17. The van der Waals surface area contributed by atoms with Gasteiger partial charge in [0.15, 0.2) is 0 Å². The minimum Gasteiger partial charge on any atom is -0.393 e. The summed E-state index contributed by atoms with van der Waals surface area (Å²) in [6.45, 7) is 7.02. The maximum Gasteiger partial charge on any atom is 0.0624 e. The molecule has 0 saturated heterocycles. The zero-order chi connectivity index (χ0) is 11.3. The van der Waals surface area contributed by atoms with E-state index in [0.29, 0.717) is 0 Å². The molecular weight excluding hydrogens is 188 g/mol. The van der Waals surface area contributed by atoms with Gasteiger partial charge in [0, 0.05) is 12.2 Å². The van der Waals surface area contributed by atoms with Crippen LogP contribution in [0.4, 0.5) is 0 Å². The molecule has 1 aromatic heterocycles. The summed E-state index contributed by atoms with van der Waals surface area (Å²) in [5, 5.41) is 13.7. The second-order valence-electron chi connectivity index (χ2n) is 4.04. The predicted molar refractivity (Wildman–Crippen MR) is 61.9 cm³/mol. The molecule has 0 bridgehead atoms. The van der Waals surface area contributed by atoms with Gasteiger partial charge in [-0.2, -0.15) is 5.10 Å². The van der Waals surface area contributed by atoms with Crippen molar-refractivity contribution < 1.29 is 5.11 Å². The van der Waals surface area contributed by atoms with Crippen molar-refractivity contribution in [3.63, 3.8) is 0 Å². The summed E-state index contributed by atoms with van der Waals surface area (Å²) in [6, 6.07) is 2.19. The smallest absolute Gasteiger partial charge is 0.0624 e. The Kier molecular flexibility index (Phi) is 4.82. The first kappa shape index (κ1) is 12.2. The summed E-state index contributed by atoms with van der Waals surface area (Å²) < 4.78 is 2.07. The van der Waals surface area contributed by atoms with E-state index in [-0.39, 0.29) is 6.10 Å². The molecule has 3 nitrogen and oxygen atoms in total. The van der Waals surface area contributed by atoms with Gasteiger partial charge in [-0.1, -0.05) is 6.92 Å². The Morgan fingerprint density at radius 3 is 2.73 bits per heavy atom. The Balaban J connectivity index is 2.54. The van der Waals surface area contributed by atoms with Gasteiger partial charge in [0.25, 0.3) is 0 Å². The van der Waals surface area contributed by atoms with E-state index >= 15 is 0 Å². The summed E-state index contributed by atoms with van der Waals surface area (Å²) in [7, 11) is 0. The Morgan fingerprint density at radius 2 is 2.20 bits per heavy atom. The highest BCUT2D eigenvalue weighted by Crippen LogP contribution is 2.10. The van der Waals surface area contributed by atoms with Crippen LogP contribution in [0.5, 0.6) is 0 Å². The number of aliphatic hydroxyl groups is 1. The van der Waals surface area contributed by atoms with E-state index in [1.807, 2.05) is 6.92 Å². The standard InChI is InChI=1S/C12H22N2O/c1-4-11-9-12(14(5-2)13-11)8-6-7-10(3)15/h9-10,15H,4-8H2,1-3H3. The van der Waals surface area contributed by atoms with Gasteiger partial charge in [-0.05, 0) is 45.6 Å². The summed E-state index contributed by atoms with van der Waals surface area (Å²) >= 11 is 0. The molecule has 0 aliphatic heterocycles. The van der Waals surface area contributed by atoms with Gasteiger partial charge < -0.3 is 5.11 Å². The maximum absolute atomic E-state index is 9.19. The number of aryl methyl sites for hydroxylation is 3. The molecule has 0 aromatic carbocycles. The third-order valence-corrected chi connectivity index (χ3v) is 2.63. The van der Waals surface area contributed by atoms with Crippen molar-refractivity contribution in [2.45, 2.75) is 59.1 Å². The zero-order valence-corrected chi connectivity index (χ0v) is 10.0. The van der Waals surface area contributed by atoms with Gasteiger partial charge in [0.05, 0.1) is 11.8 Å². The van der Waals surface area contributed by atoms with Gasteiger partial charge in [-0.3, -0.25) is 4.68 Å². The van der Waals surface area contributed by atoms with Crippen LogP contribution in [-0.2, 0) is 19.4 Å². The summed E-state index contributed by atoms with van der Waals surface area (Å²) in [5.74, 6) is 0. The summed E-state index contributed by atoms with van der Waals surface area (Å²) in [4.78, 5) is 0. The normalized spacial score (nSPS) is 13.1. The topological polar surface area (TPSA) is 38.0 Å². The lowest BCUT2D eigenvalue weighted by Gasteiger charge is -2.05. The molecule has 0 spiro atoms. The second-order valence-corrected chi connectivity index (χ2v) is 4.04. The van der Waals surface area contributed by atoms with Gasteiger partial charge in [0.1, 0.15) is 0 Å². The van der Waals surface area contributed by atoms with E-state index in [2.05, 4.69) is 29.7 Å². The minimum atomic E-state index is -0.186. The molecule has 1 rings (SSSR count). The zero-order valence-electron chi connectivity index (χ0n) is 10.0. The van der Waals surface area contributed by atoms with E-state index < -0.39 is 0 Å². The largest absolute Gasteiger partial charge is 0.393 e. The molecule has 0 amide bonds. The van der Waals surface area contributed by atoms with Crippen molar-refractivity contribution in [3.8, 4) is 0 Å². The van der Waals surface area contributed by atoms with E-state index in [1.54, 1.807) is 0 Å². The van der Waals surface area contributed by atoms with Crippen molar-refractivity contribution in [1.82, 2.24) is 9.78 Å². The lowest BCUT2D eigenvalue weighted by Crippen LogP contribution is -2.05. The molecular formula is C12H22N2O. The number of rotatable bonds is 6. The fraction of sp³-hybridized carbons (Fsp3) is 0.750. The lowest BCUT2D eigenvalue weighted by atomic mass is 10.1. The van der Waals surface area contributed by atoms with Crippen LogP contribution in [0.25, 0.3) is 0 Å². The van der Waals surface area contributed by atoms with Crippen LogP contribution in [0.2, 0.25) is 0 Å². The highest BCUT2D eigenvalue weighted by atomic mass is 16.3. The number of aliphatic hydroxyl groups excluding tert-OH is 1. The molecule has 0 aliphatic carbocycles. The number of hydrogen-bond donors (Lipinski definition) is 1. The van der Waals surface area contributed by atoms with Crippen molar-refractivity contribution >= 4 is 0 Å². The van der Waals surface area contributed by atoms with Gasteiger partial charge >= 0.3 is 0 Å². The second kappa shape index (κ2) is 5.91. The monoisotopic (exact) mass is 210 g/mol. The van der Waals surface area contributed by atoms with Crippen LogP contribution in [0, 0.1) is 0 Å². The first-order valence-electron chi connectivity index (χ1n) is 5.91. The fourth-order valence-electron chi connectivity index (χ4n) is 1.74. The number of nitrogens with zero attached hydrogens (tertiary/aromatic N) is 2. The van der Waals surface area contributed by atoms with Crippen LogP contribution in [0.15, 0.2) is 6.07 Å². The number of hydrogen-bond acceptors (Lipinski definition) is 2. The molecule has 0 radical (unpaired) electrons. The molecule has 1 aromatic rings. The Morgan fingerprint density at radius 1 is 1.47 bits per heavy atom. The van der Waals surface area contributed by atoms with Gasteiger partial charge in [0.2, 0.25) is 0 Å². The van der Waals surface area contributed by atoms with Crippen LogP contribution in [0.1, 0.15) is 45.0 Å². The highest BCUT2D eigenvalue weighted by molar-refractivity contribution is 5.10. The van der Waals surface area contributed by atoms with E-state index in [9.17, 15) is 5.11 Å². The molecule has 1 atom stereocenters. The van der Waals surface area contributed by atoms with Crippen molar-refractivity contribution in [3.05, 3.63) is 17.5 Å². The SMILES string of the molecule is CCc1cc(CCCC(C)O)n(CC)n1. The van der Waals surface area contributed by atoms with E-state index in [4.69, 9.17) is 0 Å². The van der Waals surface area contributed by atoms with Crippen LogP contribution < -0.4 is 0 Å². The average molecular weight is 210 g/mol. The van der Waals surface area contributed by atoms with Crippen LogP contribution in [0.3, 0.4) is 0 Å². The summed E-state index contributed by atoms with van der Waals surface area (Å²) in [6.07, 6.45) is 3.74. The van der Waals surface area contributed by atoms with Gasteiger partial charge in [-0.25, -0.2) is 0 Å². The highest BCUT2D eigenvalue weighted by Gasteiger charge is 2.05. The summed E-state index contributed by atoms with van der Waals surface area (Å²) in [5.41, 5.74) is 2.47. The van der Waals surface area contributed by atoms with Crippen molar-refractivity contribution in [1.29, 1.82) is 0 Å². The Labute approximate surface area is 92.1 Å². The minimum absolute atomic E-state index is 0.186. The lowest BCUT2D eigenvalue weighted by molar-refractivity contribution is 0.181. The molecule has 86 valence electrons.